The highest BCUT2D eigenvalue weighted by atomic mass is 16.5. The fourth-order valence-corrected chi connectivity index (χ4v) is 3.92. The van der Waals surface area contributed by atoms with Crippen molar-refractivity contribution in [3.05, 3.63) is 89.6 Å². The lowest BCUT2D eigenvalue weighted by molar-refractivity contribution is -0.120. The Morgan fingerprint density at radius 3 is 2.18 bits per heavy atom. The van der Waals surface area contributed by atoms with Crippen molar-refractivity contribution in [1.82, 2.24) is 0 Å². The normalized spacial score (nSPS) is 13.6. The van der Waals surface area contributed by atoms with E-state index in [1.165, 1.54) is 4.90 Å². The summed E-state index contributed by atoms with van der Waals surface area (Å²) in [5.41, 5.74) is 3.38. The highest BCUT2D eigenvalue weighted by Gasteiger charge is 2.40. The zero-order valence-electron chi connectivity index (χ0n) is 19.8. The maximum atomic E-state index is 13.6. The summed E-state index contributed by atoms with van der Waals surface area (Å²) in [6, 6.07) is 22.0. The van der Waals surface area contributed by atoms with Gasteiger partial charge in [-0.05, 0) is 60.4 Å². The van der Waals surface area contributed by atoms with Crippen LogP contribution in [-0.4, -0.2) is 25.5 Å². The quantitative estimate of drug-likeness (QED) is 0.446. The number of carbonyl (C=O) groups is 2. The van der Waals surface area contributed by atoms with Gasteiger partial charge in [-0.2, -0.15) is 0 Å². The molecule has 1 N–H and O–H groups in total. The van der Waals surface area contributed by atoms with Crippen molar-refractivity contribution < 1.29 is 19.1 Å². The van der Waals surface area contributed by atoms with Gasteiger partial charge in [-0.1, -0.05) is 50.2 Å². The van der Waals surface area contributed by atoms with Crippen molar-refractivity contribution in [3.63, 3.8) is 0 Å². The zero-order valence-corrected chi connectivity index (χ0v) is 19.8. The SMILES string of the molecule is CCOc1ccc(C2=C(Nc3ccccc3OC)C(=O)N(c3ccc(C(C)C)cc3)C2=O)cc1. The lowest BCUT2D eigenvalue weighted by Crippen LogP contribution is -2.32. The first-order chi connectivity index (χ1) is 16.4. The molecule has 0 bridgehead atoms. The van der Waals surface area contributed by atoms with E-state index in [4.69, 9.17) is 9.47 Å². The van der Waals surface area contributed by atoms with Gasteiger partial charge in [0.25, 0.3) is 11.8 Å². The van der Waals surface area contributed by atoms with E-state index in [1.54, 1.807) is 43.5 Å². The molecule has 4 rings (SSSR count). The Balaban J connectivity index is 1.78. The topological polar surface area (TPSA) is 67.9 Å². The third-order valence-electron chi connectivity index (χ3n) is 5.72. The fourth-order valence-electron chi connectivity index (χ4n) is 3.92. The van der Waals surface area contributed by atoms with Crippen LogP contribution in [0.4, 0.5) is 11.4 Å². The van der Waals surface area contributed by atoms with E-state index in [9.17, 15) is 9.59 Å². The van der Waals surface area contributed by atoms with Crippen LogP contribution in [0.1, 0.15) is 37.8 Å². The number of hydrogen-bond acceptors (Lipinski definition) is 5. The first-order valence-corrected chi connectivity index (χ1v) is 11.3. The number of rotatable bonds is 8. The maximum absolute atomic E-state index is 13.6. The van der Waals surface area contributed by atoms with Gasteiger partial charge in [-0.3, -0.25) is 9.59 Å². The molecule has 0 aliphatic carbocycles. The van der Waals surface area contributed by atoms with Crippen LogP contribution in [0.2, 0.25) is 0 Å². The number of ether oxygens (including phenoxy) is 2. The van der Waals surface area contributed by atoms with E-state index in [0.29, 0.717) is 46.5 Å². The largest absolute Gasteiger partial charge is 0.495 e. The molecule has 0 atom stereocenters. The Morgan fingerprint density at radius 2 is 1.56 bits per heavy atom. The molecule has 1 aliphatic rings. The van der Waals surface area contributed by atoms with Crippen molar-refractivity contribution in [2.24, 2.45) is 0 Å². The van der Waals surface area contributed by atoms with E-state index in [2.05, 4.69) is 19.2 Å². The zero-order chi connectivity index (χ0) is 24.2. The van der Waals surface area contributed by atoms with E-state index < -0.39 is 5.91 Å². The average molecular weight is 457 g/mol. The highest BCUT2D eigenvalue weighted by molar-refractivity contribution is 6.46. The Labute approximate surface area is 199 Å². The molecule has 6 nitrogen and oxygen atoms in total. The predicted octanol–water partition coefficient (Wildman–Crippen LogP) is 5.61. The molecule has 0 saturated carbocycles. The number of imide groups is 1. The van der Waals surface area contributed by atoms with Crippen LogP contribution in [0.5, 0.6) is 11.5 Å². The second-order valence-electron chi connectivity index (χ2n) is 8.22. The molecule has 3 aromatic rings. The van der Waals surface area contributed by atoms with Crippen LogP contribution in [0.25, 0.3) is 5.57 Å². The number of nitrogens with one attached hydrogen (secondary N) is 1. The predicted molar refractivity (Wildman–Crippen MR) is 134 cm³/mol. The summed E-state index contributed by atoms with van der Waals surface area (Å²) in [6.45, 7) is 6.65. The summed E-state index contributed by atoms with van der Waals surface area (Å²) < 4.78 is 11.0. The van der Waals surface area contributed by atoms with Gasteiger partial charge in [0.15, 0.2) is 0 Å². The summed E-state index contributed by atoms with van der Waals surface area (Å²) in [4.78, 5) is 28.5. The molecule has 0 aromatic heterocycles. The lowest BCUT2D eigenvalue weighted by atomic mass is 10.0. The summed E-state index contributed by atoms with van der Waals surface area (Å²) in [7, 11) is 1.56. The average Bonchev–Trinajstić information content (AvgIpc) is 3.09. The van der Waals surface area contributed by atoms with Gasteiger partial charge in [0.2, 0.25) is 0 Å². The van der Waals surface area contributed by atoms with Crippen LogP contribution in [-0.2, 0) is 9.59 Å². The molecule has 3 aromatic carbocycles. The standard InChI is InChI=1S/C28H28N2O4/c1-5-34-22-16-12-20(13-17-22)25-26(29-23-8-6-7-9-24(23)33-4)28(32)30(27(25)31)21-14-10-19(11-15-21)18(2)3/h6-18,29H,5H2,1-4H3. The van der Waals surface area contributed by atoms with Gasteiger partial charge in [-0.15, -0.1) is 0 Å². The smallest absolute Gasteiger partial charge is 0.282 e. The molecule has 0 radical (unpaired) electrons. The molecule has 1 heterocycles. The first kappa shape index (κ1) is 23.1. The molecule has 0 fully saturated rings. The summed E-state index contributed by atoms with van der Waals surface area (Å²) >= 11 is 0. The van der Waals surface area contributed by atoms with Gasteiger partial charge in [-0.25, -0.2) is 4.90 Å². The van der Waals surface area contributed by atoms with Crippen molar-refractivity contribution in [1.29, 1.82) is 0 Å². The summed E-state index contributed by atoms with van der Waals surface area (Å²) in [5, 5.41) is 3.17. The highest BCUT2D eigenvalue weighted by Crippen LogP contribution is 2.36. The molecule has 0 spiro atoms. The maximum Gasteiger partial charge on any atom is 0.282 e. The lowest BCUT2D eigenvalue weighted by Gasteiger charge is -2.17. The molecule has 174 valence electrons. The summed E-state index contributed by atoms with van der Waals surface area (Å²) in [5.74, 6) is 0.810. The molecule has 2 amide bonds. The van der Waals surface area contributed by atoms with Crippen molar-refractivity contribution in [2.75, 3.05) is 23.9 Å². The molecule has 1 aliphatic heterocycles. The number of anilines is 2. The van der Waals surface area contributed by atoms with Crippen LogP contribution >= 0.6 is 0 Å². The van der Waals surface area contributed by atoms with Crippen LogP contribution < -0.4 is 19.7 Å². The number of amides is 2. The fraction of sp³-hybridized carbons (Fsp3) is 0.214. The number of hydrogen-bond donors (Lipinski definition) is 1. The van der Waals surface area contributed by atoms with Crippen LogP contribution in [0, 0.1) is 0 Å². The number of carbonyl (C=O) groups excluding carboxylic acids is 2. The van der Waals surface area contributed by atoms with Crippen molar-refractivity contribution >= 4 is 28.8 Å². The van der Waals surface area contributed by atoms with E-state index >= 15 is 0 Å². The third-order valence-corrected chi connectivity index (χ3v) is 5.72. The van der Waals surface area contributed by atoms with Gasteiger partial charge >= 0.3 is 0 Å². The molecular formula is C28H28N2O4. The van der Waals surface area contributed by atoms with Gasteiger partial charge < -0.3 is 14.8 Å². The molecule has 0 unspecified atom stereocenters. The number of methoxy groups -OCH3 is 1. The molecule has 34 heavy (non-hydrogen) atoms. The Kier molecular flexibility index (Phi) is 6.68. The van der Waals surface area contributed by atoms with E-state index in [1.807, 2.05) is 43.3 Å². The van der Waals surface area contributed by atoms with Crippen molar-refractivity contribution in [2.45, 2.75) is 26.7 Å². The van der Waals surface area contributed by atoms with Gasteiger partial charge in [0.1, 0.15) is 17.2 Å². The number of para-hydroxylation sites is 2. The first-order valence-electron chi connectivity index (χ1n) is 11.3. The number of benzene rings is 3. The summed E-state index contributed by atoms with van der Waals surface area (Å²) in [6.07, 6.45) is 0. The van der Waals surface area contributed by atoms with Crippen molar-refractivity contribution in [3.8, 4) is 11.5 Å². The molecular weight excluding hydrogens is 428 g/mol. The minimum Gasteiger partial charge on any atom is -0.495 e. The van der Waals surface area contributed by atoms with E-state index in [0.717, 1.165) is 5.56 Å². The monoisotopic (exact) mass is 456 g/mol. The Hall–Kier alpha value is -4.06. The second-order valence-corrected chi connectivity index (χ2v) is 8.22. The van der Waals surface area contributed by atoms with Gasteiger partial charge in [0, 0.05) is 0 Å². The van der Waals surface area contributed by atoms with Crippen LogP contribution in [0.15, 0.2) is 78.5 Å². The minimum absolute atomic E-state index is 0.201. The molecule has 0 saturated heterocycles. The number of nitrogens with zero attached hydrogens (tertiary/aromatic N) is 1. The van der Waals surface area contributed by atoms with Crippen LogP contribution in [0.3, 0.4) is 0 Å². The van der Waals surface area contributed by atoms with Gasteiger partial charge in [0.05, 0.1) is 30.7 Å². The van der Waals surface area contributed by atoms with E-state index in [-0.39, 0.29) is 11.6 Å². The molecule has 6 heteroatoms. The Bertz CT molecular complexity index is 1230. The second kappa shape index (κ2) is 9.83. The Morgan fingerprint density at radius 1 is 0.882 bits per heavy atom. The third kappa shape index (κ3) is 4.39. The minimum atomic E-state index is -0.419.